The highest BCUT2D eigenvalue weighted by Gasteiger charge is 2.18. The zero-order valence-electron chi connectivity index (χ0n) is 18.8. The van der Waals surface area contributed by atoms with Crippen molar-refractivity contribution < 1.29 is 9.59 Å². The Hall–Kier alpha value is -3.72. The Kier molecular flexibility index (Phi) is 6.41. The van der Waals surface area contributed by atoms with Crippen LogP contribution in [-0.4, -0.2) is 37.7 Å². The Bertz CT molecular complexity index is 1360. The third-order valence-electron chi connectivity index (χ3n) is 5.27. The second kappa shape index (κ2) is 9.41. The van der Waals surface area contributed by atoms with E-state index in [-0.39, 0.29) is 18.2 Å². The molecule has 4 aromatic rings. The first-order valence-corrected chi connectivity index (χ1v) is 11.6. The van der Waals surface area contributed by atoms with Gasteiger partial charge in [-0.15, -0.1) is 5.10 Å². The van der Waals surface area contributed by atoms with Gasteiger partial charge >= 0.3 is 0 Å². The van der Waals surface area contributed by atoms with E-state index in [0.29, 0.717) is 27.9 Å². The Labute approximate surface area is 195 Å². The molecule has 0 atom stereocenters. The van der Waals surface area contributed by atoms with Crippen LogP contribution in [0.2, 0.25) is 0 Å². The van der Waals surface area contributed by atoms with Gasteiger partial charge < -0.3 is 10.6 Å². The van der Waals surface area contributed by atoms with Gasteiger partial charge in [0.25, 0.3) is 11.7 Å². The molecular weight excluding hydrogens is 436 g/mol. The molecule has 0 saturated heterocycles. The maximum Gasteiger partial charge on any atom is 0.257 e. The monoisotopic (exact) mass is 460 g/mol. The number of aromatic nitrogens is 4. The molecule has 2 heterocycles. The second-order valence-electron chi connectivity index (χ2n) is 7.67. The number of rotatable bonds is 6. The van der Waals surface area contributed by atoms with E-state index in [0.717, 1.165) is 22.5 Å². The summed E-state index contributed by atoms with van der Waals surface area (Å²) in [5.41, 5.74) is 4.88. The topological polar surface area (TPSA) is 101 Å². The van der Waals surface area contributed by atoms with Crippen molar-refractivity contribution in [2.75, 3.05) is 16.9 Å². The third-order valence-corrected chi connectivity index (χ3v) is 5.81. The summed E-state index contributed by atoms with van der Waals surface area (Å²) in [6.45, 7) is 5.71. The molecule has 0 unspecified atom stereocenters. The number of nitrogens with one attached hydrogen (secondary N) is 2. The average molecular weight is 461 g/mol. The average Bonchev–Trinajstić information content (AvgIpc) is 3.20. The summed E-state index contributed by atoms with van der Waals surface area (Å²) in [6.07, 6.45) is 2.00. The number of carbonyl (C=O) groups is 2. The molecule has 2 aromatic heterocycles. The summed E-state index contributed by atoms with van der Waals surface area (Å²) in [5, 5.41) is 10.8. The lowest BCUT2D eigenvalue weighted by molar-refractivity contribution is -0.115. The van der Waals surface area contributed by atoms with Crippen molar-refractivity contribution in [1.29, 1.82) is 0 Å². The minimum absolute atomic E-state index is 0.100. The van der Waals surface area contributed by atoms with E-state index in [4.69, 9.17) is 0 Å². The molecular formula is C24H24N6O2S. The maximum absolute atomic E-state index is 12.9. The van der Waals surface area contributed by atoms with Crippen molar-refractivity contribution >= 4 is 40.7 Å². The summed E-state index contributed by atoms with van der Waals surface area (Å²) in [4.78, 5) is 34.7. The lowest BCUT2D eigenvalue weighted by atomic mass is 10.1. The van der Waals surface area contributed by atoms with Crippen LogP contribution in [0.15, 0.2) is 53.7 Å². The predicted octanol–water partition coefficient (Wildman–Crippen LogP) is 4.20. The Morgan fingerprint density at radius 2 is 1.79 bits per heavy atom. The number of fused-ring (bicyclic) bond motifs is 1. The third kappa shape index (κ3) is 4.88. The predicted molar refractivity (Wildman–Crippen MR) is 130 cm³/mol. The lowest BCUT2D eigenvalue weighted by Crippen LogP contribution is -2.21. The standard InChI is InChI=1S/C24H24N6O2S/c1-14-8-7-9-17(12-14)26-22(32)18-10-5-6-11-20(18)27-21(31)13-19-15(2)25-23-28-24(33-4)29-30(23)16(19)3/h5-12H,13H2,1-4H3,(H,26,32)(H,27,31). The van der Waals surface area contributed by atoms with Crippen molar-refractivity contribution in [1.82, 2.24) is 19.6 Å². The number of hydrogen-bond donors (Lipinski definition) is 2. The van der Waals surface area contributed by atoms with Crippen molar-refractivity contribution in [3.05, 3.63) is 76.6 Å². The van der Waals surface area contributed by atoms with E-state index in [1.165, 1.54) is 11.8 Å². The van der Waals surface area contributed by atoms with Gasteiger partial charge in [0.2, 0.25) is 11.1 Å². The quantitative estimate of drug-likeness (QED) is 0.418. The highest BCUT2D eigenvalue weighted by atomic mass is 32.2. The Morgan fingerprint density at radius 3 is 2.55 bits per heavy atom. The minimum atomic E-state index is -0.292. The van der Waals surface area contributed by atoms with Crippen molar-refractivity contribution in [2.45, 2.75) is 32.3 Å². The maximum atomic E-state index is 12.9. The molecule has 0 spiro atoms. The molecule has 0 saturated carbocycles. The normalized spacial score (nSPS) is 10.9. The lowest BCUT2D eigenvalue weighted by Gasteiger charge is -2.13. The molecule has 0 aliphatic carbocycles. The molecule has 9 heteroatoms. The van der Waals surface area contributed by atoms with Crippen molar-refractivity contribution in [2.24, 2.45) is 0 Å². The highest BCUT2D eigenvalue weighted by molar-refractivity contribution is 7.98. The first-order chi connectivity index (χ1) is 15.9. The van der Waals surface area contributed by atoms with Crippen LogP contribution in [0.4, 0.5) is 11.4 Å². The number of carbonyl (C=O) groups excluding carboxylic acids is 2. The SMILES string of the molecule is CSc1nc2nc(C)c(CC(=O)Nc3ccccc3C(=O)Nc3cccc(C)c3)c(C)n2n1. The Balaban J connectivity index is 1.54. The fourth-order valence-electron chi connectivity index (χ4n) is 3.60. The van der Waals surface area contributed by atoms with Crippen LogP contribution < -0.4 is 10.6 Å². The van der Waals surface area contributed by atoms with Crippen LogP contribution >= 0.6 is 11.8 Å². The summed E-state index contributed by atoms with van der Waals surface area (Å²) < 4.78 is 1.66. The van der Waals surface area contributed by atoms with Crippen LogP contribution in [0.25, 0.3) is 5.78 Å². The Morgan fingerprint density at radius 1 is 1.00 bits per heavy atom. The van der Waals surface area contributed by atoms with Gasteiger partial charge in [0.1, 0.15) is 0 Å². The number of hydrogen-bond acceptors (Lipinski definition) is 6. The van der Waals surface area contributed by atoms with Gasteiger partial charge in [-0.1, -0.05) is 36.0 Å². The van der Waals surface area contributed by atoms with E-state index in [2.05, 4.69) is 25.7 Å². The van der Waals surface area contributed by atoms with Crippen LogP contribution in [0, 0.1) is 20.8 Å². The smallest absolute Gasteiger partial charge is 0.257 e. The zero-order valence-corrected chi connectivity index (χ0v) is 19.7. The van der Waals surface area contributed by atoms with Crippen LogP contribution in [-0.2, 0) is 11.2 Å². The first kappa shape index (κ1) is 22.5. The molecule has 0 bridgehead atoms. The summed E-state index contributed by atoms with van der Waals surface area (Å²) in [7, 11) is 0. The molecule has 0 aliphatic heterocycles. The second-order valence-corrected chi connectivity index (χ2v) is 8.44. The number of thioether (sulfide) groups is 1. The van der Waals surface area contributed by atoms with Gasteiger partial charge in [-0.05, 0) is 56.9 Å². The number of benzene rings is 2. The van der Waals surface area contributed by atoms with Gasteiger partial charge in [-0.3, -0.25) is 9.59 Å². The number of anilines is 2. The molecule has 33 heavy (non-hydrogen) atoms. The van der Waals surface area contributed by atoms with Gasteiger partial charge in [0.05, 0.1) is 17.7 Å². The molecule has 2 amide bonds. The molecule has 0 fully saturated rings. The van der Waals surface area contributed by atoms with E-state index in [1.807, 2.05) is 51.3 Å². The number of aryl methyl sites for hydroxylation is 3. The van der Waals surface area contributed by atoms with Gasteiger partial charge in [0.15, 0.2) is 0 Å². The molecule has 168 valence electrons. The van der Waals surface area contributed by atoms with Crippen LogP contribution in [0.3, 0.4) is 0 Å². The zero-order chi connectivity index (χ0) is 23.5. The minimum Gasteiger partial charge on any atom is -0.325 e. The van der Waals surface area contributed by atoms with Gasteiger partial charge in [0, 0.05) is 22.6 Å². The molecule has 0 radical (unpaired) electrons. The fraction of sp³-hybridized carbons (Fsp3) is 0.208. The highest BCUT2D eigenvalue weighted by Crippen LogP contribution is 2.21. The largest absolute Gasteiger partial charge is 0.325 e. The van der Waals surface area contributed by atoms with Gasteiger partial charge in [-0.25, -0.2) is 9.50 Å². The molecule has 2 N–H and O–H groups in total. The molecule has 2 aromatic carbocycles. The molecule has 0 aliphatic rings. The number of amides is 2. The van der Waals surface area contributed by atoms with E-state index >= 15 is 0 Å². The summed E-state index contributed by atoms with van der Waals surface area (Å²) in [6, 6.07) is 14.5. The van der Waals surface area contributed by atoms with E-state index < -0.39 is 0 Å². The summed E-state index contributed by atoms with van der Waals surface area (Å²) in [5.74, 6) is -0.0285. The first-order valence-electron chi connectivity index (χ1n) is 10.4. The molecule has 8 nitrogen and oxygen atoms in total. The van der Waals surface area contributed by atoms with E-state index in [1.54, 1.807) is 28.8 Å². The van der Waals surface area contributed by atoms with E-state index in [9.17, 15) is 9.59 Å². The number of nitrogens with zero attached hydrogens (tertiary/aromatic N) is 4. The fourth-order valence-corrected chi connectivity index (χ4v) is 3.93. The van der Waals surface area contributed by atoms with Crippen LogP contribution in [0.1, 0.15) is 32.9 Å². The van der Waals surface area contributed by atoms with Crippen LogP contribution in [0.5, 0.6) is 0 Å². The van der Waals surface area contributed by atoms with Crippen molar-refractivity contribution in [3.63, 3.8) is 0 Å². The summed E-state index contributed by atoms with van der Waals surface area (Å²) >= 11 is 1.44. The number of para-hydroxylation sites is 1. The van der Waals surface area contributed by atoms with Gasteiger partial charge in [-0.2, -0.15) is 4.98 Å². The van der Waals surface area contributed by atoms with Crippen molar-refractivity contribution in [3.8, 4) is 0 Å². The molecule has 4 rings (SSSR count).